The Morgan fingerprint density at radius 1 is 1.37 bits per heavy atom. The van der Waals surface area contributed by atoms with Crippen molar-refractivity contribution in [1.29, 1.82) is 0 Å². The van der Waals surface area contributed by atoms with E-state index < -0.39 is 11.8 Å². The van der Waals surface area contributed by atoms with Gasteiger partial charge in [0.2, 0.25) is 0 Å². The van der Waals surface area contributed by atoms with Crippen LogP contribution in [-0.2, 0) is 16.2 Å². The maximum absolute atomic E-state index is 13.3. The lowest BCUT2D eigenvalue weighted by Gasteiger charge is -2.08. The third kappa shape index (κ3) is 7.41. The monoisotopic (exact) mass is 271 g/mol. The van der Waals surface area contributed by atoms with Gasteiger partial charge in [0.1, 0.15) is 0 Å². The summed E-state index contributed by atoms with van der Waals surface area (Å²) in [5, 5.41) is 0. The van der Waals surface area contributed by atoms with Crippen LogP contribution in [0.4, 0.5) is 4.39 Å². The predicted molar refractivity (Wildman–Crippen MR) is 72.1 cm³/mol. The standard InChI is InChI=1S/C12H16FNO3.C2H6/c1-3-6-16-12-7-10(4-5-11(12)13)8-14-17-9(2)15;1-2/h4-5,7,14H,3,6,8H2,1-2H3;1-2H3. The predicted octanol–water partition coefficient (Wildman–Crippen LogP) is 3.21. The molecule has 0 spiro atoms. The molecule has 0 radical (unpaired) electrons. The van der Waals surface area contributed by atoms with Crippen LogP contribution in [0.2, 0.25) is 0 Å². The highest BCUT2D eigenvalue weighted by atomic mass is 19.1. The van der Waals surface area contributed by atoms with Crippen LogP contribution in [-0.4, -0.2) is 12.6 Å². The summed E-state index contributed by atoms with van der Waals surface area (Å²) in [6, 6.07) is 4.52. The summed E-state index contributed by atoms with van der Waals surface area (Å²) in [7, 11) is 0. The second kappa shape index (κ2) is 10.3. The molecular formula is C14H22FNO3. The fourth-order valence-corrected chi connectivity index (χ4v) is 1.20. The third-order valence-electron chi connectivity index (χ3n) is 1.95. The van der Waals surface area contributed by atoms with Crippen LogP contribution in [0.25, 0.3) is 0 Å². The van der Waals surface area contributed by atoms with E-state index in [1.54, 1.807) is 12.1 Å². The summed E-state index contributed by atoms with van der Waals surface area (Å²) < 4.78 is 18.6. The van der Waals surface area contributed by atoms with Gasteiger partial charge in [0, 0.05) is 6.92 Å². The number of hydrogen-bond donors (Lipinski definition) is 1. The zero-order valence-corrected chi connectivity index (χ0v) is 12.0. The van der Waals surface area contributed by atoms with Crippen molar-refractivity contribution in [3.63, 3.8) is 0 Å². The van der Waals surface area contributed by atoms with E-state index in [2.05, 4.69) is 10.3 Å². The summed E-state index contributed by atoms with van der Waals surface area (Å²) in [5.41, 5.74) is 3.25. The van der Waals surface area contributed by atoms with Crippen LogP contribution in [0.3, 0.4) is 0 Å². The Bertz CT molecular complexity index is 383. The summed E-state index contributed by atoms with van der Waals surface area (Å²) >= 11 is 0. The van der Waals surface area contributed by atoms with E-state index in [4.69, 9.17) is 4.74 Å². The highest BCUT2D eigenvalue weighted by Crippen LogP contribution is 2.18. The highest BCUT2D eigenvalue weighted by molar-refractivity contribution is 5.65. The summed E-state index contributed by atoms with van der Waals surface area (Å²) in [6.07, 6.45) is 0.815. The quantitative estimate of drug-likeness (QED) is 0.807. The SMILES string of the molecule is CC.CCCOc1cc(CNOC(C)=O)ccc1F. The van der Waals surface area contributed by atoms with Crippen LogP contribution >= 0.6 is 0 Å². The number of ether oxygens (including phenoxy) is 1. The zero-order valence-electron chi connectivity index (χ0n) is 12.0. The van der Waals surface area contributed by atoms with Crippen molar-refractivity contribution >= 4 is 5.97 Å². The van der Waals surface area contributed by atoms with Crippen molar-refractivity contribution in [2.45, 2.75) is 40.7 Å². The number of rotatable bonds is 6. The van der Waals surface area contributed by atoms with Crippen molar-refractivity contribution in [3.8, 4) is 5.75 Å². The Hall–Kier alpha value is -1.62. The molecule has 4 nitrogen and oxygen atoms in total. The van der Waals surface area contributed by atoms with Crippen molar-refractivity contribution in [1.82, 2.24) is 5.48 Å². The molecule has 0 heterocycles. The van der Waals surface area contributed by atoms with E-state index in [9.17, 15) is 9.18 Å². The maximum Gasteiger partial charge on any atom is 0.321 e. The molecule has 108 valence electrons. The Labute approximate surface area is 113 Å². The topological polar surface area (TPSA) is 47.6 Å². The van der Waals surface area contributed by atoms with Gasteiger partial charge in [-0.25, -0.2) is 4.39 Å². The Morgan fingerprint density at radius 3 is 2.63 bits per heavy atom. The normalized spacial score (nSPS) is 9.32. The Morgan fingerprint density at radius 2 is 2.05 bits per heavy atom. The lowest BCUT2D eigenvalue weighted by atomic mass is 10.2. The van der Waals surface area contributed by atoms with Gasteiger partial charge in [0.15, 0.2) is 11.6 Å². The van der Waals surface area contributed by atoms with Gasteiger partial charge >= 0.3 is 5.97 Å². The first kappa shape index (κ1) is 17.4. The minimum Gasteiger partial charge on any atom is -0.491 e. The number of hydroxylamine groups is 1. The van der Waals surface area contributed by atoms with Crippen LogP contribution < -0.4 is 10.2 Å². The number of carbonyl (C=O) groups excluding carboxylic acids is 1. The molecule has 1 aromatic rings. The molecule has 0 fully saturated rings. The summed E-state index contributed by atoms with van der Waals surface area (Å²) in [4.78, 5) is 15.1. The molecule has 0 atom stereocenters. The van der Waals surface area contributed by atoms with Crippen molar-refractivity contribution < 1.29 is 18.8 Å². The molecule has 1 aromatic carbocycles. The number of hydrogen-bond acceptors (Lipinski definition) is 4. The molecule has 0 saturated heterocycles. The van der Waals surface area contributed by atoms with Gasteiger partial charge in [0.05, 0.1) is 13.2 Å². The van der Waals surface area contributed by atoms with E-state index in [1.165, 1.54) is 13.0 Å². The van der Waals surface area contributed by atoms with E-state index in [0.717, 1.165) is 12.0 Å². The lowest BCUT2D eigenvalue weighted by molar-refractivity contribution is -0.148. The molecule has 19 heavy (non-hydrogen) atoms. The highest BCUT2D eigenvalue weighted by Gasteiger charge is 2.05. The van der Waals surface area contributed by atoms with E-state index in [1.807, 2.05) is 20.8 Å². The molecule has 1 rings (SSSR count). The smallest absolute Gasteiger partial charge is 0.321 e. The second-order valence-electron chi connectivity index (χ2n) is 3.53. The first-order valence-electron chi connectivity index (χ1n) is 6.45. The molecule has 0 saturated carbocycles. The van der Waals surface area contributed by atoms with Gasteiger partial charge in [-0.1, -0.05) is 26.8 Å². The van der Waals surface area contributed by atoms with Gasteiger partial charge in [-0.05, 0) is 24.1 Å². The summed E-state index contributed by atoms with van der Waals surface area (Å²) in [6.45, 7) is 8.03. The molecule has 0 unspecified atom stereocenters. The number of halogens is 1. The maximum atomic E-state index is 13.3. The molecule has 5 heteroatoms. The number of benzene rings is 1. The minimum absolute atomic E-state index is 0.217. The molecule has 0 aromatic heterocycles. The number of nitrogens with one attached hydrogen (secondary N) is 1. The minimum atomic E-state index is -0.422. The van der Waals surface area contributed by atoms with Crippen LogP contribution in [0.5, 0.6) is 5.75 Å². The molecule has 0 aliphatic heterocycles. The largest absolute Gasteiger partial charge is 0.491 e. The average Bonchev–Trinajstić information content (AvgIpc) is 2.41. The van der Waals surface area contributed by atoms with Gasteiger partial charge in [-0.3, -0.25) is 4.79 Å². The third-order valence-corrected chi connectivity index (χ3v) is 1.95. The van der Waals surface area contributed by atoms with Gasteiger partial charge < -0.3 is 9.57 Å². The molecular weight excluding hydrogens is 249 g/mol. The first-order chi connectivity index (χ1) is 9.13. The van der Waals surface area contributed by atoms with Crippen LogP contribution in [0.15, 0.2) is 18.2 Å². The number of carbonyl (C=O) groups is 1. The molecule has 1 N–H and O–H groups in total. The summed E-state index contributed by atoms with van der Waals surface area (Å²) in [5.74, 6) is -0.599. The van der Waals surface area contributed by atoms with Crippen LogP contribution in [0, 0.1) is 5.82 Å². The lowest BCUT2D eigenvalue weighted by Crippen LogP contribution is -2.17. The van der Waals surface area contributed by atoms with E-state index in [0.29, 0.717) is 13.2 Å². The zero-order chi connectivity index (χ0) is 14.7. The van der Waals surface area contributed by atoms with Crippen LogP contribution in [0.1, 0.15) is 39.7 Å². The fraction of sp³-hybridized carbons (Fsp3) is 0.500. The molecule has 0 aliphatic rings. The molecule has 0 bridgehead atoms. The Kier molecular flexibility index (Phi) is 9.44. The van der Waals surface area contributed by atoms with Crippen molar-refractivity contribution in [2.24, 2.45) is 0 Å². The fourth-order valence-electron chi connectivity index (χ4n) is 1.20. The second-order valence-corrected chi connectivity index (χ2v) is 3.53. The van der Waals surface area contributed by atoms with Crippen molar-refractivity contribution in [2.75, 3.05) is 6.61 Å². The Balaban J connectivity index is 0.00000154. The van der Waals surface area contributed by atoms with E-state index in [-0.39, 0.29) is 5.75 Å². The van der Waals surface area contributed by atoms with E-state index >= 15 is 0 Å². The molecule has 0 aliphatic carbocycles. The first-order valence-corrected chi connectivity index (χ1v) is 6.45. The molecule has 0 amide bonds. The average molecular weight is 271 g/mol. The van der Waals surface area contributed by atoms with Crippen molar-refractivity contribution in [3.05, 3.63) is 29.6 Å². The van der Waals surface area contributed by atoms with Gasteiger partial charge in [-0.15, -0.1) is 5.48 Å². The van der Waals surface area contributed by atoms with Gasteiger partial charge in [0.25, 0.3) is 0 Å². The van der Waals surface area contributed by atoms with Gasteiger partial charge in [-0.2, -0.15) is 0 Å².